The van der Waals surface area contributed by atoms with E-state index in [4.69, 9.17) is 11.6 Å². The van der Waals surface area contributed by atoms with Crippen LogP contribution in [-0.4, -0.2) is 25.0 Å². The van der Waals surface area contributed by atoms with Crippen LogP contribution in [0.15, 0.2) is 66.9 Å². The summed E-state index contributed by atoms with van der Waals surface area (Å²) in [5.41, 5.74) is 3.76. The Morgan fingerprint density at radius 2 is 1.65 bits per heavy atom. The van der Waals surface area contributed by atoms with Crippen LogP contribution in [0.3, 0.4) is 0 Å². The predicted molar refractivity (Wildman–Crippen MR) is 108 cm³/mol. The molecule has 0 fully saturated rings. The summed E-state index contributed by atoms with van der Waals surface area (Å²) < 4.78 is 0. The number of anilines is 4. The van der Waals surface area contributed by atoms with E-state index < -0.39 is 0 Å². The van der Waals surface area contributed by atoms with Crippen molar-refractivity contribution in [1.29, 1.82) is 0 Å². The van der Waals surface area contributed by atoms with E-state index in [1.165, 1.54) is 0 Å². The summed E-state index contributed by atoms with van der Waals surface area (Å²) in [4.78, 5) is 18.5. The van der Waals surface area contributed by atoms with Crippen LogP contribution in [0.2, 0.25) is 5.02 Å². The molecule has 132 valence electrons. The molecule has 0 radical (unpaired) electrons. The molecule has 0 aliphatic carbocycles. The second-order valence-electron chi connectivity index (χ2n) is 5.93. The SMILES string of the molecule is CN(C)c1ccc(Nc2ccc(C(=O)Nc3ccccc3Cl)nc2)cc1. The number of nitrogens with zero attached hydrogens (tertiary/aromatic N) is 2. The summed E-state index contributed by atoms with van der Waals surface area (Å²) in [5.74, 6) is -0.306. The molecule has 0 aliphatic rings. The molecule has 3 rings (SSSR count). The lowest BCUT2D eigenvalue weighted by Crippen LogP contribution is -2.13. The number of benzene rings is 2. The van der Waals surface area contributed by atoms with Crippen LogP contribution in [0, 0.1) is 0 Å². The molecule has 0 atom stereocenters. The normalized spacial score (nSPS) is 10.3. The van der Waals surface area contributed by atoms with Crippen molar-refractivity contribution in [2.45, 2.75) is 0 Å². The highest BCUT2D eigenvalue weighted by Gasteiger charge is 2.09. The Bertz CT molecular complexity index is 892. The number of aromatic nitrogens is 1. The summed E-state index contributed by atoms with van der Waals surface area (Å²) in [7, 11) is 4.00. The van der Waals surface area contributed by atoms with Crippen molar-refractivity contribution in [3.63, 3.8) is 0 Å². The van der Waals surface area contributed by atoms with Gasteiger partial charge in [-0.1, -0.05) is 23.7 Å². The third kappa shape index (κ3) is 4.32. The van der Waals surface area contributed by atoms with Gasteiger partial charge in [-0.3, -0.25) is 4.79 Å². The number of nitrogens with one attached hydrogen (secondary N) is 2. The molecule has 0 aliphatic heterocycles. The van der Waals surface area contributed by atoms with Crippen molar-refractivity contribution in [2.75, 3.05) is 29.6 Å². The standard InChI is InChI=1S/C20H19ClN4O/c1-25(2)16-10-7-14(8-11-16)23-15-9-12-19(22-13-15)20(26)24-18-6-4-3-5-17(18)21/h3-13,23H,1-2H3,(H,24,26). The fourth-order valence-corrected chi connectivity index (χ4v) is 2.54. The molecule has 2 aromatic carbocycles. The lowest BCUT2D eigenvalue weighted by atomic mass is 10.2. The molecule has 2 N–H and O–H groups in total. The Labute approximate surface area is 157 Å². The molecule has 5 nitrogen and oxygen atoms in total. The highest BCUT2D eigenvalue weighted by atomic mass is 35.5. The highest BCUT2D eigenvalue weighted by Crippen LogP contribution is 2.22. The molecule has 0 saturated carbocycles. The van der Waals surface area contributed by atoms with E-state index in [0.717, 1.165) is 17.1 Å². The lowest BCUT2D eigenvalue weighted by molar-refractivity contribution is 0.102. The van der Waals surface area contributed by atoms with Gasteiger partial charge in [-0.2, -0.15) is 0 Å². The zero-order chi connectivity index (χ0) is 18.5. The molecular weight excluding hydrogens is 348 g/mol. The Hall–Kier alpha value is -3.05. The number of pyridine rings is 1. The fourth-order valence-electron chi connectivity index (χ4n) is 2.36. The van der Waals surface area contributed by atoms with Gasteiger partial charge in [0.25, 0.3) is 5.91 Å². The van der Waals surface area contributed by atoms with Crippen molar-refractivity contribution >= 4 is 40.3 Å². The van der Waals surface area contributed by atoms with Crippen LogP contribution in [0.25, 0.3) is 0 Å². The molecular formula is C20H19ClN4O. The van der Waals surface area contributed by atoms with E-state index in [0.29, 0.717) is 16.4 Å². The van der Waals surface area contributed by atoms with Crippen LogP contribution in [0.4, 0.5) is 22.7 Å². The number of carbonyl (C=O) groups excluding carboxylic acids is 1. The van der Waals surface area contributed by atoms with Gasteiger partial charge in [-0.05, 0) is 48.5 Å². The fraction of sp³-hybridized carbons (Fsp3) is 0.100. The van der Waals surface area contributed by atoms with Crippen LogP contribution in [0.5, 0.6) is 0 Å². The molecule has 0 saturated heterocycles. The van der Waals surface area contributed by atoms with E-state index in [2.05, 4.69) is 15.6 Å². The van der Waals surface area contributed by atoms with E-state index >= 15 is 0 Å². The average Bonchev–Trinajstić information content (AvgIpc) is 2.64. The van der Waals surface area contributed by atoms with Gasteiger partial charge in [0.1, 0.15) is 5.69 Å². The molecule has 26 heavy (non-hydrogen) atoms. The van der Waals surface area contributed by atoms with Crippen LogP contribution in [-0.2, 0) is 0 Å². The van der Waals surface area contributed by atoms with Crippen LogP contribution >= 0.6 is 11.6 Å². The van der Waals surface area contributed by atoms with Gasteiger partial charge in [-0.15, -0.1) is 0 Å². The minimum absolute atomic E-state index is 0.306. The highest BCUT2D eigenvalue weighted by molar-refractivity contribution is 6.33. The molecule has 1 heterocycles. The third-order valence-electron chi connectivity index (χ3n) is 3.79. The zero-order valence-corrected chi connectivity index (χ0v) is 15.3. The summed E-state index contributed by atoms with van der Waals surface area (Å²) in [6, 6.07) is 18.6. The Morgan fingerprint density at radius 1 is 0.962 bits per heavy atom. The minimum atomic E-state index is -0.306. The number of rotatable bonds is 5. The topological polar surface area (TPSA) is 57.3 Å². The first-order valence-electron chi connectivity index (χ1n) is 8.09. The van der Waals surface area contributed by atoms with Crippen molar-refractivity contribution in [3.8, 4) is 0 Å². The van der Waals surface area contributed by atoms with Crippen molar-refractivity contribution in [2.24, 2.45) is 0 Å². The largest absolute Gasteiger partial charge is 0.378 e. The van der Waals surface area contributed by atoms with Gasteiger partial charge < -0.3 is 15.5 Å². The van der Waals surface area contributed by atoms with Crippen LogP contribution < -0.4 is 15.5 Å². The van der Waals surface area contributed by atoms with E-state index in [-0.39, 0.29) is 5.91 Å². The second-order valence-corrected chi connectivity index (χ2v) is 6.34. The van der Waals surface area contributed by atoms with Gasteiger partial charge in [0.05, 0.1) is 22.6 Å². The number of para-hydroxylation sites is 1. The molecule has 0 bridgehead atoms. The summed E-state index contributed by atoms with van der Waals surface area (Å²) in [6.07, 6.45) is 1.63. The molecule has 0 unspecified atom stereocenters. The number of hydrogen-bond donors (Lipinski definition) is 2. The van der Waals surface area contributed by atoms with Gasteiger partial charge in [0.2, 0.25) is 0 Å². The summed E-state index contributed by atoms with van der Waals surface area (Å²) in [5, 5.41) is 6.50. The summed E-state index contributed by atoms with van der Waals surface area (Å²) >= 11 is 6.05. The first-order chi connectivity index (χ1) is 12.5. The monoisotopic (exact) mass is 366 g/mol. The number of halogens is 1. The molecule has 0 spiro atoms. The maximum atomic E-state index is 12.3. The van der Waals surface area contributed by atoms with Gasteiger partial charge >= 0.3 is 0 Å². The zero-order valence-electron chi connectivity index (χ0n) is 14.5. The predicted octanol–water partition coefficient (Wildman–Crippen LogP) is 4.80. The maximum absolute atomic E-state index is 12.3. The first-order valence-corrected chi connectivity index (χ1v) is 8.47. The maximum Gasteiger partial charge on any atom is 0.274 e. The second kappa shape index (κ2) is 7.89. The first kappa shape index (κ1) is 17.8. The Kier molecular flexibility index (Phi) is 5.39. The van der Waals surface area contributed by atoms with E-state index in [1.54, 1.807) is 24.4 Å². The minimum Gasteiger partial charge on any atom is -0.378 e. The average molecular weight is 367 g/mol. The molecule has 1 amide bonds. The number of hydrogen-bond acceptors (Lipinski definition) is 4. The number of amides is 1. The Balaban J connectivity index is 1.66. The van der Waals surface area contributed by atoms with E-state index in [9.17, 15) is 4.79 Å². The van der Waals surface area contributed by atoms with Crippen LogP contribution in [0.1, 0.15) is 10.5 Å². The smallest absolute Gasteiger partial charge is 0.274 e. The van der Waals surface area contributed by atoms with E-state index in [1.807, 2.05) is 61.5 Å². The molecule has 6 heteroatoms. The van der Waals surface area contributed by atoms with Crippen molar-refractivity contribution < 1.29 is 4.79 Å². The number of carbonyl (C=O) groups is 1. The van der Waals surface area contributed by atoms with Crippen molar-refractivity contribution in [3.05, 3.63) is 77.6 Å². The van der Waals surface area contributed by atoms with Gasteiger partial charge in [-0.25, -0.2) is 4.98 Å². The summed E-state index contributed by atoms with van der Waals surface area (Å²) in [6.45, 7) is 0. The molecule has 3 aromatic rings. The third-order valence-corrected chi connectivity index (χ3v) is 4.12. The Morgan fingerprint density at radius 3 is 2.27 bits per heavy atom. The van der Waals surface area contributed by atoms with Crippen molar-refractivity contribution in [1.82, 2.24) is 4.98 Å². The lowest BCUT2D eigenvalue weighted by Gasteiger charge is -2.13. The van der Waals surface area contributed by atoms with Gasteiger partial charge in [0, 0.05) is 25.5 Å². The van der Waals surface area contributed by atoms with Gasteiger partial charge in [0.15, 0.2) is 0 Å². The quantitative estimate of drug-likeness (QED) is 0.681. The molecule has 1 aromatic heterocycles.